The molecule has 1 heterocycles. The Bertz CT molecular complexity index is 511. The number of aryl methyl sites for hydroxylation is 2. The predicted molar refractivity (Wildman–Crippen MR) is 79.1 cm³/mol. The van der Waals surface area contributed by atoms with E-state index in [9.17, 15) is 0 Å². The van der Waals surface area contributed by atoms with Crippen molar-refractivity contribution in [2.75, 3.05) is 13.1 Å². The van der Waals surface area contributed by atoms with E-state index in [0.717, 1.165) is 13.1 Å². The molecule has 1 aromatic carbocycles. The molecule has 98 valence electrons. The average Bonchev–Trinajstić information content (AvgIpc) is 2.64. The quantitative estimate of drug-likeness (QED) is 0.770. The van der Waals surface area contributed by atoms with Gasteiger partial charge in [-0.3, -0.25) is 0 Å². The fourth-order valence-corrected chi connectivity index (χ4v) is 2.64. The SMILES string of the molecule is CCNCCCCc1c(C)n(C)c2ccccc12. The molecular weight excluding hydrogens is 220 g/mol. The zero-order chi connectivity index (χ0) is 13.0. The Hall–Kier alpha value is -1.28. The van der Waals surface area contributed by atoms with Crippen LogP contribution < -0.4 is 5.32 Å². The molecule has 2 aromatic rings. The molecule has 0 spiro atoms. The monoisotopic (exact) mass is 244 g/mol. The average molecular weight is 244 g/mol. The van der Waals surface area contributed by atoms with Crippen molar-refractivity contribution < 1.29 is 0 Å². The number of fused-ring (bicyclic) bond motifs is 1. The van der Waals surface area contributed by atoms with E-state index in [1.54, 1.807) is 0 Å². The van der Waals surface area contributed by atoms with Crippen LogP contribution in [0, 0.1) is 6.92 Å². The normalized spacial score (nSPS) is 11.3. The summed E-state index contributed by atoms with van der Waals surface area (Å²) in [7, 11) is 2.17. The van der Waals surface area contributed by atoms with Crippen LogP contribution in [-0.4, -0.2) is 17.7 Å². The molecule has 1 N–H and O–H groups in total. The summed E-state index contributed by atoms with van der Waals surface area (Å²) in [4.78, 5) is 0. The highest BCUT2D eigenvalue weighted by Crippen LogP contribution is 2.25. The predicted octanol–water partition coefficient (Wildman–Crippen LogP) is 3.42. The molecule has 0 radical (unpaired) electrons. The van der Waals surface area contributed by atoms with Crippen molar-refractivity contribution in [3.63, 3.8) is 0 Å². The number of benzene rings is 1. The van der Waals surface area contributed by atoms with Crippen molar-refractivity contribution in [2.45, 2.75) is 33.1 Å². The van der Waals surface area contributed by atoms with Crippen LogP contribution in [0.2, 0.25) is 0 Å². The van der Waals surface area contributed by atoms with E-state index in [1.807, 2.05) is 0 Å². The maximum Gasteiger partial charge on any atom is 0.0482 e. The summed E-state index contributed by atoms with van der Waals surface area (Å²) >= 11 is 0. The van der Waals surface area contributed by atoms with E-state index >= 15 is 0 Å². The second-order valence-corrected chi connectivity index (χ2v) is 4.95. The number of hydrogen-bond donors (Lipinski definition) is 1. The van der Waals surface area contributed by atoms with Crippen molar-refractivity contribution in [2.24, 2.45) is 7.05 Å². The van der Waals surface area contributed by atoms with Crippen LogP contribution in [0.25, 0.3) is 10.9 Å². The van der Waals surface area contributed by atoms with Gasteiger partial charge in [0, 0.05) is 23.6 Å². The number of nitrogens with zero attached hydrogens (tertiary/aromatic N) is 1. The van der Waals surface area contributed by atoms with E-state index < -0.39 is 0 Å². The molecule has 0 bridgehead atoms. The van der Waals surface area contributed by atoms with Gasteiger partial charge in [-0.25, -0.2) is 0 Å². The highest BCUT2D eigenvalue weighted by molar-refractivity contribution is 5.85. The van der Waals surface area contributed by atoms with E-state index in [4.69, 9.17) is 0 Å². The molecule has 0 unspecified atom stereocenters. The van der Waals surface area contributed by atoms with Crippen LogP contribution in [0.4, 0.5) is 0 Å². The van der Waals surface area contributed by atoms with Crippen LogP contribution in [0.15, 0.2) is 24.3 Å². The number of unbranched alkanes of at least 4 members (excludes halogenated alkanes) is 1. The van der Waals surface area contributed by atoms with Gasteiger partial charge in [0.25, 0.3) is 0 Å². The minimum absolute atomic E-state index is 1.08. The summed E-state index contributed by atoms with van der Waals surface area (Å²) in [5.41, 5.74) is 4.31. The molecule has 18 heavy (non-hydrogen) atoms. The lowest BCUT2D eigenvalue weighted by Gasteiger charge is -2.03. The molecule has 0 fully saturated rings. The molecule has 0 aliphatic carbocycles. The zero-order valence-corrected chi connectivity index (χ0v) is 11.8. The number of para-hydroxylation sites is 1. The minimum atomic E-state index is 1.08. The third-order valence-electron chi connectivity index (χ3n) is 3.81. The van der Waals surface area contributed by atoms with Gasteiger partial charge in [0.1, 0.15) is 0 Å². The molecule has 0 saturated carbocycles. The topological polar surface area (TPSA) is 17.0 Å². The second-order valence-electron chi connectivity index (χ2n) is 4.95. The Morgan fingerprint density at radius 2 is 1.94 bits per heavy atom. The first-order valence-electron chi connectivity index (χ1n) is 6.99. The highest BCUT2D eigenvalue weighted by atomic mass is 14.9. The molecule has 2 heteroatoms. The van der Waals surface area contributed by atoms with Crippen LogP contribution in [0.1, 0.15) is 31.0 Å². The van der Waals surface area contributed by atoms with Crippen LogP contribution in [-0.2, 0) is 13.5 Å². The lowest BCUT2D eigenvalue weighted by atomic mass is 10.0. The molecule has 0 aliphatic heterocycles. The van der Waals surface area contributed by atoms with Crippen molar-refractivity contribution in [3.8, 4) is 0 Å². The van der Waals surface area contributed by atoms with Gasteiger partial charge in [-0.05, 0) is 50.9 Å². The summed E-state index contributed by atoms with van der Waals surface area (Å²) in [5, 5.41) is 4.82. The first-order valence-corrected chi connectivity index (χ1v) is 6.99. The molecule has 0 aliphatic rings. The third kappa shape index (κ3) is 2.59. The van der Waals surface area contributed by atoms with Gasteiger partial charge in [0.05, 0.1) is 0 Å². The summed E-state index contributed by atoms with van der Waals surface area (Å²) in [6, 6.07) is 8.73. The molecule has 2 nitrogen and oxygen atoms in total. The maximum absolute atomic E-state index is 3.39. The van der Waals surface area contributed by atoms with Crippen molar-refractivity contribution >= 4 is 10.9 Å². The number of rotatable bonds is 6. The fourth-order valence-electron chi connectivity index (χ4n) is 2.64. The molecule has 0 atom stereocenters. The Morgan fingerprint density at radius 3 is 2.72 bits per heavy atom. The molecule has 1 aromatic heterocycles. The summed E-state index contributed by atoms with van der Waals surface area (Å²) in [5.74, 6) is 0. The zero-order valence-electron chi connectivity index (χ0n) is 11.8. The summed E-state index contributed by atoms with van der Waals surface area (Å²) < 4.78 is 2.31. The van der Waals surface area contributed by atoms with Gasteiger partial charge in [-0.2, -0.15) is 0 Å². The Labute approximate surface area is 110 Å². The Morgan fingerprint density at radius 1 is 1.17 bits per heavy atom. The first kappa shape index (κ1) is 13.2. The molecule has 2 rings (SSSR count). The summed E-state index contributed by atoms with van der Waals surface area (Å²) in [6.45, 7) is 6.61. The highest BCUT2D eigenvalue weighted by Gasteiger charge is 2.10. The van der Waals surface area contributed by atoms with Gasteiger partial charge in [-0.15, -0.1) is 0 Å². The van der Waals surface area contributed by atoms with E-state index in [-0.39, 0.29) is 0 Å². The lowest BCUT2D eigenvalue weighted by molar-refractivity contribution is 0.640. The Kier molecular flexibility index (Phi) is 4.43. The van der Waals surface area contributed by atoms with Gasteiger partial charge < -0.3 is 9.88 Å². The largest absolute Gasteiger partial charge is 0.348 e. The van der Waals surface area contributed by atoms with E-state index in [0.29, 0.717) is 0 Å². The van der Waals surface area contributed by atoms with E-state index in [1.165, 1.54) is 41.4 Å². The standard InChI is InChI=1S/C16H24N2/c1-4-17-12-8-7-9-14-13(2)18(3)16-11-6-5-10-15(14)16/h5-6,10-11,17H,4,7-9,12H2,1-3H3. The maximum atomic E-state index is 3.39. The third-order valence-corrected chi connectivity index (χ3v) is 3.81. The Balaban J connectivity index is 2.10. The fraction of sp³-hybridized carbons (Fsp3) is 0.500. The van der Waals surface area contributed by atoms with Crippen molar-refractivity contribution in [1.29, 1.82) is 0 Å². The summed E-state index contributed by atoms with van der Waals surface area (Å²) in [6.07, 6.45) is 3.72. The van der Waals surface area contributed by atoms with Gasteiger partial charge >= 0.3 is 0 Å². The molecular formula is C16H24N2. The number of aromatic nitrogens is 1. The smallest absolute Gasteiger partial charge is 0.0482 e. The first-order chi connectivity index (χ1) is 8.75. The van der Waals surface area contributed by atoms with Crippen LogP contribution in [0.5, 0.6) is 0 Å². The van der Waals surface area contributed by atoms with Gasteiger partial charge in [-0.1, -0.05) is 25.1 Å². The van der Waals surface area contributed by atoms with Crippen LogP contribution >= 0.6 is 0 Å². The van der Waals surface area contributed by atoms with Gasteiger partial charge in [0.2, 0.25) is 0 Å². The molecule has 0 amide bonds. The van der Waals surface area contributed by atoms with Gasteiger partial charge in [0.15, 0.2) is 0 Å². The number of nitrogens with one attached hydrogen (secondary N) is 1. The van der Waals surface area contributed by atoms with E-state index in [2.05, 4.69) is 55.0 Å². The minimum Gasteiger partial charge on any atom is -0.348 e. The van der Waals surface area contributed by atoms with Crippen molar-refractivity contribution in [3.05, 3.63) is 35.5 Å². The molecule has 0 saturated heterocycles. The van der Waals surface area contributed by atoms with Crippen LogP contribution in [0.3, 0.4) is 0 Å². The number of hydrogen-bond acceptors (Lipinski definition) is 1. The second kappa shape index (κ2) is 6.05. The lowest BCUT2D eigenvalue weighted by Crippen LogP contribution is -2.13. The van der Waals surface area contributed by atoms with Crippen molar-refractivity contribution in [1.82, 2.24) is 9.88 Å².